The molecule has 1 aliphatic rings. The maximum atomic E-state index is 13.0. The highest BCUT2D eigenvalue weighted by Crippen LogP contribution is 2.38. The van der Waals surface area contributed by atoms with Gasteiger partial charge in [0.25, 0.3) is 11.8 Å². The van der Waals surface area contributed by atoms with Crippen molar-refractivity contribution in [1.82, 2.24) is 4.90 Å². The fourth-order valence-corrected chi connectivity index (χ4v) is 5.07. The molecule has 1 saturated heterocycles. The van der Waals surface area contributed by atoms with Crippen LogP contribution in [0, 0.1) is 0 Å². The van der Waals surface area contributed by atoms with Gasteiger partial charge in [0.15, 0.2) is 6.61 Å². The number of carbonyl (C=O) groups is 2. The maximum Gasteiger partial charge on any atom is 0.266 e. The largest absolute Gasteiger partial charge is 0.484 e. The molecule has 3 aromatic carbocycles. The molecule has 1 heterocycles. The predicted octanol–water partition coefficient (Wildman–Crippen LogP) is 6.43. The molecule has 0 saturated carbocycles. The van der Waals surface area contributed by atoms with Gasteiger partial charge in [-0.3, -0.25) is 14.5 Å². The van der Waals surface area contributed by atoms with Gasteiger partial charge < -0.3 is 10.1 Å². The summed E-state index contributed by atoms with van der Waals surface area (Å²) in [5.74, 6) is 0.215. The van der Waals surface area contributed by atoms with Gasteiger partial charge >= 0.3 is 0 Å². The highest BCUT2D eigenvalue weighted by Gasteiger charge is 2.35. The van der Waals surface area contributed by atoms with Crippen LogP contribution in [0.1, 0.15) is 24.1 Å². The molecule has 34 heavy (non-hydrogen) atoms. The third-order valence-corrected chi connectivity index (χ3v) is 7.03. The van der Waals surface area contributed by atoms with E-state index in [1.807, 2.05) is 67.6 Å². The van der Waals surface area contributed by atoms with Crippen LogP contribution < -0.4 is 10.1 Å². The minimum absolute atomic E-state index is 0.101. The zero-order valence-electron chi connectivity index (χ0n) is 18.2. The normalized spacial score (nSPS) is 15.5. The molecule has 172 valence electrons. The van der Waals surface area contributed by atoms with E-state index in [4.69, 9.17) is 17.0 Å². The Bertz CT molecular complexity index is 1230. The SMILES string of the molecule is C[C@@H](c1ccccc1)N1C(=O)/C(=C/c2ccc(OCC(=O)Nc3ccc(Br)cc3)cc2)SC1=S. The van der Waals surface area contributed by atoms with Crippen molar-refractivity contribution in [2.75, 3.05) is 11.9 Å². The minimum Gasteiger partial charge on any atom is -0.484 e. The van der Waals surface area contributed by atoms with E-state index in [0.29, 0.717) is 20.7 Å². The van der Waals surface area contributed by atoms with Crippen LogP contribution in [-0.4, -0.2) is 27.6 Å². The number of hydrogen-bond acceptors (Lipinski definition) is 5. The van der Waals surface area contributed by atoms with E-state index in [1.54, 1.807) is 29.2 Å². The number of thioether (sulfide) groups is 1. The van der Waals surface area contributed by atoms with E-state index in [-0.39, 0.29) is 24.5 Å². The van der Waals surface area contributed by atoms with E-state index in [1.165, 1.54) is 11.8 Å². The van der Waals surface area contributed by atoms with Crippen molar-refractivity contribution in [2.45, 2.75) is 13.0 Å². The smallest absolute Gasteiger partial charge is 0.266 e. The first kappa shape index (κ1) is 24.2. The van der Waals surface area contributed by atoms with E-state index >= 15 is 0 Å². The number of anilines is 1. The average Bonchev–Trinajstić information content (AvgIpc) is 3.12. The van der Waals surface area contributed by atoms with Crippen molar-refractivity contribution in [1.29, 1.82) is 0 Å². The molecule has 1 N–H and O–H groups in total. The standard InChI is InChI=1S/C26H21BrN2O3S2/c1-17(19-5-3-2-4-6-19)29-25(31)23(34-26(29)33)15-18-7-13-22(14-8-18)32-16-24(30)28-21-11-9-20(27)10-12-21/h2-15,17H,16H2,1H3,(H,28,30)/b23-15-/t17-/m0/s1. The zero-order valence-corrected chi connectivity index (χ0v) is 21.5. The molecular weight excluding hydrogens is 532 g/mol. The summed E-state index contributed by atoms with van der Waals surface area (Å²) in [6.07, 6.45) is 1.82. The van der Waals surface area contributed by atoms with Gasteiger partial charge in [-0.05, 0) is 60.5 Å². The fourth-order valence-electron chi connectivity index (χ4n) is 3.39. The Balaban J connectivity index is 1.36. The monoisotopic (exact) mass is 552 g/mol. The average molecular weight is 554 g/mol. The second kappa shape index (κ2) is 11.0. The summed E-state index contributed by atoms with van der Waals surface area (Å²) in [5, 5.41) is 2.78. The van der Waals surface area contributed by atoms with Crippen LogP contribution in [-0.2, 0) is 9.59 Å². The Hall–Kier alpha value is -2.94. The molecule has 1 atom stereocenters. The summed E-state index contributed by atoms with van der Waals surface area (Å²) in [7, 11) is 0. The van der Waals surface area contributed by atoms with E-state index in [9.17, 15) is 9.59 Å². The molecule has 1 fully saturated rings. The van der Waals surface area contributed by atoms with Crippen molar-refractivity contribution >= 4 is 67.8 Å². The molecule has 1 aliphatic heterocycles. The van der Waals surface area contributed by atoms with Crippen LogP contribution in [0.5, 0.6) is 5.75 Å². The quantitative estimate of drug-likeness (QED) is 0.270. The lowest BCUT2D eigenvalue weighted by molar-refractivity contribution is -0.123. The number of benzene rings is 3. The summed E-state index contributed by atoms with van der Waals surface area (Å²) < 4.78 is 7.07. The molecule has 2 amide bonds. The Labute approximate surface area is 216 Å². The highest BCUT2D eigenvalue weighted by atomic mass is 79.9. The van der Waals surface area contributed by atoms with Crippen molar-refractivity contribution in [2.24, 2.45) is 0 Å². The van der Waals surface area contributed by atoms with E-state index in [0.717, 1.165) is 15.6 Å². The summed E-state index contributed by atoms with van der Waals surface area (Å²) in [4.78, 5) is 27.4. The summed E-state index contributed by atoms with van der Waals surface area (Å²) in [6, 6.07) is 24.2. The Morgan fingerprint density at radius 2 is 1.76 bits per heavy atom. The van der Waals surface area contributed by atoms with Gasteiger partial charge in [0, 0.05) is 10.2 Å². The van der Waals surface area contributed by atoms with Crippen molar-refractivity contribution in [3.63, 3.8) is 0 Å². The predicted molar refractivity (Wildman–Crippen MR) is 145 cm³/mol. The molecule has 8 heteroatoms. The molecule has 0 unspecified atom stereocenters. The zero-order chi connectivity index (χ0) is 24.1. The fraction of sp³-hybridized carbons (Fsp3) is 0.115. The number of amides is 2. The Morgan fingerprint density at radius 1 is 1.09 bits per heavy atom. The maximum absolute atomic E-state index is 13.0. The molecule has 0 aromatic heterocycles. The number of rotatable bonds is 7. The van der Waals surface area contributed by atoms with Crippen LogP contribution in [0.15, 0.2) is 88.2 Å². The first-order valence-corrected chi connectivity index (χ1v) is 12.5. The third kappa shape index (κ3) is 5.94. The molecule has 0 bridgehead atoms. The van der Waals surface area contributed by atoms with Gasteiger partial charge in [-0.1, -0.05) is 82.4 Å². The first-order valence-electron chi connectivity index (χ1n) is 10.5. The number of nitrogens with zero attached hydrogens (tertiary/aromatic N) is 1. The van der Waals surface area contributed by atoms with Gasteiger partial charge in [-0.2, -0.15) is 0 Å². The molecular formula is C26H21BrN2O3S2. The van der Waals surface area contributed by atoms with Crippen LogP contribution in [0.3, 0.4) is 0 Å². The van der Waals surface area contributed by atoms with Crippen molar-refractivity contribution in [3.05, 3.63) is 99.4 Å². The van der Waals surface area contributed by atoms with Crippen LogP contribution in [0.25, 0.3) is 6.08 Å². The van der Waals surface area contributed by atoms with Crippen LogP contribution >= 0.6 is 39.9 Å². The van der Waals surface area contributed by atoms with Gasteiger partial charge in [-0.25, -0.2) is 0 Å². The van der Waals surface area contributed by atoms with Crippen molar-refractivity contribution < 1.29 is 14.3 Å². The van der Waals surface area contributed by atoms with Gasteiger partial charge in [0.1, 0.15) is 10.1 Å². The molecule has 3 aromatic rings. The van der Waals surface area contributed by atoms with Crippen LogP contribution in [0.2, 0.25) is 0 Å². The number of carbonyl (C=O) groups excluding carboxylic acids is 2. The molecule has 0 radical (unpaired) electrons. The van der Waals surface area contributed by atoms with Gasteiger partial charge in [-0.15, -0.1) is 0 Å². The minimum atomic E-state index is -0.248. The number of nitrogens with one attached hydrogen (secondary N) is 1. The Morgan fingerprint density at radius 3 is 2.44 bits per heavy atom. The number of thiocarbonyl (C=S) groups is 1. The lowest BCUT2D eigenvalue weighted by Gasteiger charge is -2.23. The van der Waals surface area contributed by atoms with Gasteiger partial charge in [0.2, 0.25) is 0 Å². The second-order valence-electron chi connectivity index (χ2n) is 7.55. The number of halogens is 1. The summed E-state index contributed by atoms with van der Waals surface area (Å²) in [5.41, 5.74) is 2.58. The van der Waals surface area contributed by atoms with Crippen molar-refractivity contribution in [3.8, 4) is 5.75 Å². The molecule has 5 nitrogen and oxygen atoms in total. The lowest BCUT2D eigenvalue weighted by Crippen LogP contribution is -2.30. The Kier molecular flexibility index (Phi) is 7.82. The van der Waals surface area contributed by atoms with Gasteiger partial charge in [0.05, 0.1) is 10.9 Å². The summed E-state index contributed by atoms with van der Waals surface area (Å²) >= 11 is 10.1. The number of hydrogen-bond donors (Lipinski definition) is 1. The molecule has 0 spiro atoms. The topological polar surface area (TPSA) is 58.6 Å². The van der Waals surface area contributed by atoms with Crippen LogP contribution in [0.4, 0.5) is 5.69 Å². The lowest BCUT2D eigenvalue weighted by atomic mass is 10.1. The highest BCUT2D eigenvalue weighted by molar-refractivity contribution is 9.10. The second-order valence-corrected chi connectivity index (χ2v) is 10.1. The summed E-state index contributed by atoms with van der Waals surface area (Å²) in [6.45, 7) is 1.87. The number of ether oxygens (including phenoxy) is 1. The first-order chi connectivity index (χ1) is 16.4. The van der Waals surface area contributed by atoms with E-state index < -0.39 is 0 Å². The molecule has 4 rings (SSSR count). The third-order valence-electron chi connectivity index (χ3n) is 5.17. The molecule has 0 aliphatic carbocycles. The van der Waals surface area contributed by atoms with E-state index in [2.05, 4.69) is 21.2 Å².